The number of carbonyl (C=O) groups is 1. The molecular weight excluding hydrogens is 374 g/mol. The minimum Gasteiger partial charge on any atom is -0.455 e. The molecule has 0 N–H and O–H groups in total. The molecule has 0 saturated carbocycles. The minimum atomic E-state index is 0.212. The van der Waals surface area contributed by atoms with Crippen LogP contribution in [-0.2, 0) is 17.8 Å². The molecule has 0 unspecified atom stereocenters. The maximum atomic E-state index is 12.7. The number of aryl methyl sites for hydroxylation is 1. The lowest BCUT2D eigenvalue weighted by atomic mass is 10.1. The van der Waals surface area contributed by atoms with E-state index >= 15 is 0 Å². The monoisotopic (exact) mass is 401 g/mol. The van der Waals surface area contributed by atoms with E-state index in [0.29, 0.717) is 6.42 Å². The molecule has 3 aromatic rings. The summed E-state index contributed by atoms with van der Waals surface area (Å²) in [5.74, 6) is 1.80. The predicted molar refractivity (Wildman–Crippen MR) is 117 cm³/mol. The van der Waals surface area contributed by atoms with Crippen LogP contribution >= 0.6 is 0 Å². The lowest BCUT2D eigenvalue weighted by molar-refractivity contribution is -0.132. The number of hydrogen-bond donors (Lipinski definition) is 0. The highest BCUT2D eigenvalue weighted by molar-refractivity contribution is 5.79. The fourth-order valence-corrected chi connectivity index (χ4v) is 3.75. The highest BCUT2D eigenvalue weighted by atomic mass is 16.5. The molecule has 1 amide bonds. The van der Waals surface area contributed by atoms with Crippen LogP contribution in [0.5, 0.6) is 11.5 Å². The number of amides is 1. The Labute approximate surface area is 177 Å². The zero-order chi connectivity index (χ0) is 20.8. The van der Waals surface area contributed by atoms with Gasteiger partial charge in [-0.15, -0.1) is 0 Å². The molecule has 0 aliphatic carbocycles. The van der Waals surface area contributed by atoms with Crippen molar-refractivity contribution in [1.29, 1.82) is 0 Å². The van der Waals surface area contributed by atoms with E-state index in [1.807, 2.05) is 53.4 Å². The summed E-state index contributed by atoms with van der Waals surface area (Å²) in [4.78, 5) is 21.2. The standard InChI is InChI=1S/C25H27N3O2/c1-20-7-2-3-8-21(20)17-25(29)28-15-13-27(14-16-28)19-22-9-4-5-11-24(22)30-23-10-6-12-26-18-23/h2-12,18H,13-17,19H2,1H3. The molecule has 0 spiro atoms. The van der Waals surface area contributed by atoms with Crippen LogP contribution in [0.1, 0.15) is 16.7 Å². The summed E-state index contributed by atoms with van der Waals surface area (Å²) in [6, 6.07) is 20.0. The van der Waals surface area contributed by atoms with E-state index in [4.69, 9.17) is 4.74 Å². The summed E-state index contributed by atoms with van der Waals surface area (Å²) in [6.07, 6.45) is 3.93. The number of ether oxygens (including phenoxy) is 1. The second-order valence-electron chi connectivity index (χ2n) is 7.66. The van der Waals surface area contributed by atoms with Crippen molar-refractivity contribution >= 4 is 5.91 Å². The van der Waals surface area contributed by atoms with Gasteiger partial charge in [-0.2, -0.15) is 0 Å². The first-order valence-corrected chi connectivity index (χ1v) is 10.4. The predicted octanol–water partition coefficient (Wildman–Crippen LogP) is 4.07. The van der Waals surface area contributed by atoms with Gasteiger partial charge in [0.25, 0.3) is 0 Å². The zero-order valence-corrected chi connectivity index (χ0v) is 17.3. The number of aromatic nitrogens is 1. The van der Waals surface area contributed by atoms with E-state index in [0.717, 1.165) is 55.3 Å². The van der Waals surface area contributed by atoms with E-state index in [2.05, 4.69) is 28.9 Å². The van der Waals surface area contributed by atoms with Gasteiger partial charge in [-0.25, -0.2) is 0 Å². The van der Waals surface area contributed by atoms with Crippen LogP contribution in [0.25, 0.3) is 0 Å². The fourth-order valence-electron chi connectivity index (χ4n) is 3.75. The number of pyridine rings is 1. The van der Waals surface area contributed by atoms with Crippen molar-refractivity contribution in [3.05, 3.63) is 89.7 Å². The summed E-state index contributed by atoms with van der Waals surface area (Å²) in [5, 5.41) is 0. The maximum absolute atomic E-state index is 12.7. The van der Waals surface area contributed by atoms with Crippen LogP contribution < -0.4 is 4.74 Å². The van der Waals surface area contributed by atoms with E-state index in [1.165, 1.54) is 5.56 Å². The van der Waals surface area contributed by atoms with Gasteiger partial charge in [-0.3, -0.25) is 14.7 Å². The van der Waals surface area contributed by atoms with E-state index < -0.39 is 0 Å². The molecule has 5 heteroatoms. The molecule has 2 heterocycles. The topological polar surface area (TPSA) is 45.7 Å². The molecule has 30 heavy (non-hydrogen) atoms. The molecule has 4 rings (SSSR count). The van der Waals surface area contributed by atoms with Gasteiger partial charge < -0.3 is 9.64 Å². The molecule has 1 aliphatic heterocycles. The zero-order valence-electron chi connectivity index (χ0n) is 17.3. The molecule has 0 radical (unpaired) electrons. The number of piperazine rings is 1. The summed E-state index contributed by atoms with van der Waals surface area (Å²) in [6.45, 7) is 6.11. The number of benzene rings is 2. The van der Waals surface area contributed by atoms with Gasteiger partial charge in [0, 0.05) is 44.5 Å². The van der Waals surface area contributed by atoms with Gasteiger partial charge in [0.15, 0.2) is 0 Å². The lowest BCUT2D eigenvalue weighted by Crippen LogP contribution is -2.48. The maximum Gasteiger partial charge on any atom is 0.227 e. The van der Waals surface area contributed by atoms with Crippen molar-refractivity contribution in [2.24, 2.45) is 0 Å². The van der Waals surface area contributed by atoms with E-state index in [9.17, 15) is 4.79 Å². The summed E-state index contributed by atoms with van der Waals surface area (Å²) in [7, 11) is 0. The molecule has 0 atom stereocenters. The van der Waals surface area contributed by atoms with Crippen molar-refractivity contribution in [3.8, 4) is 11.5 Å². The van der Waals surface area contributed by atoms with Crippen molar-refractivity contribution < 1.29 is 9.53 Å². The third kappa shape index (κ3) is 5.05. The van der Waals surface area contributed by atoms with Crippen molar-refractivity contribution in [1.82, 2.24) is 14.8 Å². The van der Waals surface area contributed by atoms with Gasteiger partial charge in [0.2, 0.25) is 5.91 Å². The molecule has 5 nitrogen and oxygen atoms in total. The van der Waals surface area contributed by atoms with Gasteiger partial charge in [-0.05, 0) is 36.2 Å². The molecular formula is C25H27N3O2. The Morgan fingerprint density at radius 1 is 0.933 bits per heavy atom. The molecule has 1 aromatic heterocycles. The smallest absolute Gasteiger partial charge is 0.227 e. The molecule has 0 bridgehead atoms. The van der Waals surface area contributed by atoms with Crippen molar-refractivity contribution in [3.63, 3.8) is 0 Å². The number of nitrogens with zero attached hydrogens (tertiary/aromatic N) is 3. The highest BCUT2D eigenvalue weighted by Crippen LogP contribution is 2.26. The Bertz CT molecular complexity index is 982. The van der Waals surface area contributed by atoms with Crippen LogP contribution in [-0.4, -0.2) is 46.9 Å². The van der Waals surface area contributed by atoms with Gasteiger partial charge in [0.1, 0.15) is 11.5 Å². The molecule has 154 valence electrons. The SMILES string of the molecule is Cc1ccccc1CC(=O)N1CCN(Cc2ccccc2Oc2cccnc2)CC1. The Morgan fingerprint density at radius 2 is 1.67 bits per heavy atom. The van der Waals surface area contributed by atoms with Crippen LogP contribution in [0.2, 0.25) is 0 Å². The Hall–Kier alpha value is -3.18. The van der Waals surface area contributed by atoms with Crippen LogP contribution in [0, 0.1) is 6.92 Å². The number of rotatable bonds is 6. The summed E-state index contributed by atoms with van der Waals surface area (Å²) < 4.78 is 6.03. The first-order valence-electron chi connectivity index (χ1n) is 10.4. The van der Waals surface area contributed by atoms with E-state index in [-0.39, 0.29) is 5.91 Å². The van der Waals surface area contributed by atoms with Crippen molar-refractivity contribution in [2.45, 2.75) is 19.9 Å². The second kappa shape index (κ2) is 9.55. The normalized spacial score (nSPS) is 14.5. The Morgan fingerprint density at radius 3 is 2.40 bits per heavy atom. The van der Waals surface area contributed by atoms with Crippen LogP contribution in [0.3, 0.4) is 0 Å². The third-order valence-electron chi connectivity index (χ3n) is 5.56. The molecule has 2 aromatic carbocycles. The molecule has 1 aliphatic rings. The first kappa shape index (κ1) is 20.1. The largest absolute Gasteiger partial charge is 0.455 e. The average Bonchev–Trinajstić information content (AvgIpc) is 2.78. The highest BCUT2D eigenvalue weighted by Gasteiger charge is 2.22. The summed E-state index contributed by atoms with van der Waals surface area (Å²) in [5.41, 5.74) is 3.43. The minimum absolute atomic E-state index is 0.212. The lowest BCUT2D eigenvalue weighted by Gasteiger charge is -2.35. The van der Waals surface area contributed by atoms with Crippen molar-refractivity contribution in [2.75, 3.05) is 26.2 Å². The van der Waals surface area contributed by atoms with Crippen LogP contribution in [0.4, 0.5) is 0 Å². The van der Waals surface area contributed by atoms with Gasteiger partial charge >= 0.3 is 0 Å². The van der Waals surface area contributed by atoms with Crippen LogP contribution in [0.15, 0.2) is 73.1 Å². The van der Waals surface area contributed by atoms with E-state index in [1.54, 1.807) is 12.4 Å². The number of hydrogen-bond acceptors (Lipinski definition) is 4. The Balaban J connectivity index is 1.33. The fraction of sp³-hybridized carbons (Fsp3) is 0.280. The average molecular weight is 402 g/mol. The summed E-state index contributed by atoms with van der Waals surface area (Å²) >= 11 is 0. The first-order chi connectivity index (χ1) is 14.7. The quantitative estimate of drug-likeness (QED) is 0.625. The number of carbonyl (C=O) groups excluding carboxylic acids is 1. The number of para-hydroxylation sites is 1. The molecule has 1 saturated heterocycles. The van der Waals surface area contributed by atoms with Gasteiger partial charge in [-0.1, -0.05) is 42.5 Å². The molecule has 1 fully saturated rings. The van der Waals surface area contributed by atoms with Gasteiger partial charge in [0.05, 0.1) is 12.6 Å². The third-order valence-corrected chi connectivity index (χ3v) is 5.56. The second-order valence-corrected chi connectivity index (χ2v) is 7.66. The Kier molecular flexibility index (Phi) is 6.40.